The molecule has 2 aliphatic rings. The van der Waals surface area contributed by atoms with E-state index in [-0.39, 0.29) is 30.5 Å². The molecular weight excluding hydrogens is 521 g/mol. The van der Waals surface area contributed by atoms with Crippen LogP contribution in [0.2, 0.25) is 0 Å². The van der Waals surface area contributed by atoms with E-state index in [9.17, 15) is 18.2 Å². The number of ether oxygens (including phenoxy) is 2. The van der Waals surface area contributed by atoms with Crippen molar-refractivity contribution in [2.75, 3.05) is 26.0 Å². The summed E-state index contributed by atoms with van der Waals surface area (Å²) in [6.07, 6.45) is -0.710. The Morgan fingerprint density at radius 3 is 2.51 bits per heavy atom. The summed E-state index contributed by atoms with van der Waals surface area (Å²) in [4.78, 5) is 28.6. The van der Waals surface area contributed by atoms with E-state index in [1.807, 2.05) is 24.3 Å². The Morgan fingerprint density at radius 2 is 1.87 bits per heavy atom. The van der Waals surface area contributed by atoms with Gasteiger partial charge in [-0.1, -0.05) is 43.3 Å². The normalized spacial score (nSPS) is 24.7. The molecule has 2 aromatic carbocycles. The predicted octanol–water partition coefficient (Wildman–Crippen LogP) is 4.47. The van der Waals surface area contributed by atoms with E-state index in [2.05, 4.69) is 9.68 Å². The topological polar surface area (TPSA) is 97.3 Å². The van der Waals surface area contributed by atoms with Crippen LogP contribution in [-0.2, 0) is 30.4 Å². The lowest BCUT2D eigenvalue weighted by molar-refractivity contribution is -0.149. The van der Waals surface area contributed by atoms with Crippen LogP contribution in [0, 0.1) is 5.82 Å². The number of alkyl carbamates (subject to hydrolysis) is 1. The summed E-state index contributed by atoms with van der Waals surface area (Å²) < 4.78 is 43.0. The highest BCUT2D eigenvalue weighted by Gasteiger charge is 2.44. The lowest BCUT2D eigenvalue weighted by atomic mass is 9.87. The summed E-state index contributed by atoms with van der Waals surface area (Å²) >= 11 is 0. The van der Waals surface area contributed by atoms with Crippen molar-refractivity contribution in [3.8, 4) is 0 Å². The Labute approximate surface area is 230 Å². The number of amides is 2. The maximum atomic E-state index is 14.1. The highest BCUT2D eigenvalue weighted by Crippen LogP contribution is 2.37. The van der Waals surface area contributed by atoms with Gasteiger partial charge in [0.05, 0.1) is 33.7 Å². The molecular formula is C29H38FN3O5S. The van der Waals surface area contributed by atoms with E-state index in [0.29, 0.717) is 13.0 Å². The number of hydrogen-bond acceptors (Lipinski definition) is 6. The Hall–Kier alpha value is -2.98. The number of nitrogens with one attached hydrogen (secondary N) is 1. The molecule has 10 heteroatoms. The van der Waals surface area contributed by atoms with E-state index >= 15 is 0 Å². The highest BCUT2D eigenvalue weighted by atomic mass is 32.2. The Bertz CT molecular complexity index is 1320. The van der Waals surface area contributed by atoms with E-state index in [0.717, 1.165) is 16.7 Å². The van der Waals surface area contributed by atoms with Crippen LogP contribution in [0.5, 0.6) is 0 Å². The second-order valence-corrected chi connectivity index (χ2v) is 13.9. The highest BCUT2D eigenvalue weighted by molar-refractivity contribution is 7.94. The Morgan fingerprint density at radius 1 is 1.18 bits per heavy atom. The molecule has 8 nitrogen and oxygen atoms in total. The number of benzene rings is 2. The first-order valence-electron chi connectivity index (χ1n) is 13.3. The lowest BCUT2D eigenvalue weighted by Gasteiger charge is -2.42. The van der Waals surface area contributed by atoms with Crippen molar-refractivity contribution in [2.45, 2.75) is 69.6 Å². The van der Waals surface area contributed by atoms with Gasteiger partial charge < -0.3 is 19.7 Å². The van der Waals surface area contributed by atoms with Gasteiger partial charge in [0.25, 0.3) is 5.91 Å². The molecule has 39 heavy (non-hydrogen) atoms. The van der Waals surface area contributed by atoms with Gasteiger partial charge in [0.1, 0.15) is 17.5 Å². The fourth-order valence-electron chi connectivity index (χ4n) is 5.40. The van der Waals surface area contributed by atoms with Gasteiger partial charge >= 0.3 is 6.09 Å². The van der Waals surface area contributed by atoms with Crippen molar-refractivity contribution in [1.82, 2.24) is 10.2 Å². The maximum absolute atomic E-state index is 14.1. The fraction of sp³-hybridized carbons (Fsp3) is 0.517. The summed E-state index contributed by atoms with van der Waals surface area (Å²) in [5.41, 5.74) is 2.20. The largest absolute Gasteiger partial charge is 0.444 e. The number of fused-ring (bicyclic) bond motifs is 1. The standard InChI is InChI=1S/C29H38FN3O5S/c1-6-39(36,31-5)25-18-37-24(17-23(25)32-28(35)38-29(2,3)4)27(34)33-16-15-19-9-7-8-10-22(19)26(33)20-11-13-21(30)14-12-20/h7-14,23-26H,6,15-18H2,1-5H3,(H,32,35)/t23-,24+,25-,26-,39-/m0/s1. The molecule has 5 atom stereocenters. The maximum Gasteiger partial charge on any atom is 0.407 e. The molecule has 0 saturated carbocycles. The molecule has 212 valence electrons. The van der Waals surface area contributed by atoms with Crippen LogP contribution in [0.4, 0.5) is 9.18 Å². The van der Waals surface area contributed by atoms with Crippen LogP contribution in [0.15, 0.2) is 52.9 Å². The van der Waals surface area contributed by atoms with E-state index in [4.69, 9.17) is 9.47 Å². The molecule has 0 bridgehead atoms. The first-order chi connectivity index (χ1) is 18.5. The van der Waals surface area contributed by atoms with Crippen molar-refractivity contribution in [3.05, 3.63) is 71.0 Å². The summed E-state index contributed by atoms with van der Waals surface area (Å²) in [7, 11) is -1.20. The number of halogens is 1. The number of nitrogens with zero attached hydrogens (tertiary/aromatic N) is 2. The first kappa shape index (κ1) is 29.0. The van der Waals surface area contributed by atoms with Crippen LogP contribution < -0.4 is 5.32 Å². The third kappa shape index (κ3) is 6.44. The van der Waals surface area contributed by atoms with Crippen LogP contribution in [0.3, 0.4) is 0 Å². The van der Waals surface area contributed by atoms with Gasteiger partial charge in [-0.2, -0.15) is 0 Å². The van der Waals surface area contributed by atoms with Gasteiger partial charge in [0.2, 0.25) is 0 Å². The minimum atomic E-state index is -2.71. The monoisotopic (exact) mass is 559 g/mol. The van der Waals surface area contributed by atoms with Crippen LogP contribution in [0.25, 0.3) is 0 Å². The molecule has 0 aliphatic carbocycles. The molecule has 0 unspecified atom stereocenters. The van der Waals surface area contributed by atoms with Crippen molar-refractivity contribution in [1.29, 1.82) is 0 Å². The summed E-state index contributed by atoms with van der Waals surface area (Å²) in [6.45, 7) is 7.55. The molecule has 1 N–H and O–H groups in total. The molecule has 0 radical (unpaired) electrons. The third-order valence-electron chi connectivity index (χ3n) is 7.30. The second-order valence-electron chi connectivity index (χ2n) is 10.9. The molecule has 2 aromatic rings. The number of hydrogen-bond donors (Lipinski definition) is 1. The van der Waals surface area contributed by atoms with Crippen molar-refractivity contribution >= 4 is 21.7 Å². The second kappa shape index (κ2) is 11.6. The third-order valence-corrected chi connectivity index (χ3v) is 10.2. The van der Waals surface area contributed by atoms with E-state index in [1.54, 1.807) is 44.7 Å². The smallest absolute Gasteiger partial charge is 0.407 e. The molecule has 4 rings (SSSR count). The summed E-state index contributed by atoms with van der Waals surface area (Å²) in [5, 5.41) is 2.26. The summed E-state index contributed by atoms with van der Waals surface area (Å²) in [5.74, 6) is -0.290. The van der Waals surface area contributed by atoms with E-state index in [1.165, 1.54) is 19.2 Å². The Balaban J connectivity index is 1.64. The Kier molecular flexibility index (Phi) is 8.66. The quantitative estimate of drug-likeness (QED) is 0.583. The molecule has 2 heterocycles. The molecule has 0 spiro atoms. The van der Waals surface area contributed by atoms with Crippen LogP contribution >= 0.6 is 0 Å². The van der Waals surface area contributed by atoms with Gasteiger partial charge in [-0.25, -0.2) is 17.8 Å². The number of carbonyl (C=O) groups excluding carboxylic acids is 2. The molecule has 2 amide bonds. The first-order valence-corrected chi connectivity index (χ1v) is 15.1. The number of carbonyl (C=O) groups is 2. The van der Waals surface area contributed by atoms with Crippen molar-refractivity contribution < 1.29 is 27.7 Å². The van der Waals surface area contributed by atoms with Crippen LogP contribution in [0.1, 0.15) is 56.8 Å². The summed E-state index contributed by atoms with van der Waals surface area (Å²) in [6, 6.07) is 13.1. The van der Waals surface area contributed by atoms with Gasteiger partial charge in [0.15, 0.2) is 0 Å². The van der Waals surface area contributed by atoms with Gasteiger partial charge in [0, 0.05) is 25.8 Å². The molecule has 1 fully saturated rings. The number of rotatable bonds is 5. The SMILES string of the molecule is CC[S@@](=O)(=NC)[C@H]1CO[C@@H](C(=O)N2CCc3ccccc3[C@@H]2c2ccc(F)cc2)C[C@@H]1NC(=O)OC(C)(C)C. The van der Waals surface area contributed by atoms with Crippen molar-refractivity contribution in [3.63, 3.8) is 0 Å². The molecule has 1 saturated heterocycles. The minimum Gasteiger partial charge on any atom is -0.444 e. The predicted molar refractivity (Wildman–Crippen MR) is 148 cm³/mol. The zero-order valence-electron chi connectivity index (χ0n) is 23.2. The molecule has 2 aliphatic heterocycles. The zero-order chi connectivity index (χ0) is 28.4. The minimum absolute atomic E-state index is 0.00647. The zero-order valence-corrected chi connectivity index (χ0v) is 24.0. The average Bonchev–Trinajstić information content (AvgIpc) is 2.91. The van der Waals surface area contributed by atoms with E-state index < -0.39 is 44.9 Å². The van der Waals surface area contributed by atoms with Gasteiger partial charge in [-0.15, -0.1) is 0 Å². The molecule has 0 aromatic heterocycles. The average molecular weight is 560 g/mol. The van der Waals surface area contributed by atoms with Crippen molar-refractivity contribution in [2.24, 2.45) is 4.36 Å². The fourth-order valence-corrected chi connectivity index (χ4v) is 7.34. The lowest BCUT2D eigenvalue weighted by Crippen LogP contribution is -2.58. The van der Waals surface area contributed by atoms with Gasteiger partial charge in [-0.3, -0.25) is 4.79 Å². The van der Waals surface area contributed by atoms with Gasteiger partial charge in [-0.05, 0) is 56.0 Å². The van der Waals surface area contributed by atoms with Crippen LogP contribution in [-0.4, -0.2) is 70.1 Å².